The van der Waals surface area contributed by atoms with Crippen molar-refractivity contribution in [3.63, 3.8) is 0 Å². The van der Waals surface area contributed by atoms with Crippen molar-refractivity contribution in [3.8, 4) is 0 Å². The van der Waals surface area contributed by atoms with Crippen molar-refractivity contribution in [3.05, 3.63) is 33.8 Å². The van der Waals surface area contributed by atoms with Crippen LogP contribution in [0.5, 0.6) is 0 Å². The zero-order valence-electron chi connectivity index (χ0n) is 14.8. The Balaban J connectivity index is 1.71. The van der Waals surface area contributed by atoms with Gasteiger partial charge in [-0.05, 0) is 31.5 Å². The molecule has 27 heavy (non-hydrogen) atoms. The summed E-state index contributed by atoms with van der Waals surface area (Å²) in [5.74, 6) is -1.62. The van der Waals surface area contributed by atoms with Gasteiger partial charge in [0.05, 0.1) is 6.42 Å². The Bertz CT molecular complexity index is 782. The number of rotatable bonds is 7. The molecule has 1 aliphatic heterocycles. The van der Waals surface area contributed by atoms with Crippen LogP contribution in [0.4, 0.5) is 4.79 Å². The molecule has 0 radical (unpaired) electrons. The number of carbonyl (C=O) groups is 4. The predicted molar refractivity (Wildman–Crippen MR) is 98.2 cm³/mol. The van der Waals surface area contributed by atoms with Gasteiger partial charge in [0.25, 0.3) is 11.8 Å². The molecule has 1 aromatic rings. The van der Waals surface area contributed by atoms with Crippen LogP contribution in [0.2, 0.25) is 10.0 Å². The molecule has 0 atom stereocenters. The molecule has 0 aromatic heterocycles. The zero-order valence-corrected chi connectivity index (χ0v) is 16.3. The fraction of sp³-hybridized carbons (Fsp3) is 0.412. The number of benzene rings is 1. The van der Waals surface area contributed by atoms with Gasteiger partial charge < -0.3 is 15.4 Å². The highest BCUT2D eigenvalue weighted by Crippen LogP contribution is 2.20. The molecule has 0 spiro atoms. The Morgan fingerprint density at radius 1 is 1.26 bits per heavy atom. The normalized spacial score (nSPS) is 15.5. The van der Waals surface area contributed by atoms with E-state index in [9.17, 15) is 19.2 Å². The van der Waals surface area contributed by atoms with E-state index >= 15 is 0 Å². The van der Waals surface area contributed by atoms with Crippen LogP contribution in [0.15, 0.2) is 18.2 Å². The van der Waals surface area contributed by atoms with Gasteiger partial charge >= 0.3 is 12.0 Å². The lowest BCUT2D eigenvalue weighted by atomic mass is 10.1. The number of imide groups is 1. The van der Waals surface area contributed by atoms with Crippen LogP contribution < -0.4 is 10.6 Å². The summed E-state index contributed by atoms with van der Waals surface area (Å²) < 4.78 is 4.85. The first-order chi connectivity index (χ1) is 12.6. The highest BCUT2D eigenvalue weighted by molar-refractivity contribution is 6.35. The second kappa shape index (κ2) is 8.58. The van der Waals surface area contributed by atoms with Gasteiger partial charge in [0, 0.05) is 23.1 Å². The van der Waals surface area contributed by atoms with Crippen LogP contribution in [0.1, 0.15) is 25.8 Å². The standard InChI is InChI=1S/C17H19Cl2N3O5/c1-17(2)15(25)22(16(26)21-17)6-5-14(24)27-9-13(23)20-8-10-3-4-11(18)7-12(10)19/h3-4,7H,5-6,8-9H2,1-2H3,(H,20,23)(H,21,26). The van der Waals surface area contributed by atoms with Crippen LogP contribution in [-0.4, -0.2) is 47.4 Å². The molecular weight excluding hydrogens is 397 g/mol. The van der Waals surface area contributed by atoms with Crippen molar-refractivity contribution in [2.24, 2.45) is 0 Å². The first kappa shape index (κ1) is 21.0. The van der Waals surface area contributed by atoms with Gasteiger partial charge in [-0.25, -0.2) is 4.79 Å². The van der Waals surface area contributed by atoms with Crippen molar-refractivity contribution in [1.29, 1.82) is 0 Å². The van der Waals surface area contributed by atoms with E-state index in [1.807, 2.05) is 0 Å². The molecule has 10 heteroatoms. The molecule has 8 nitrogen and oxygen atoms in total. The van der Waals surface area contributed by atoms with Crippen molar-refractivity contribution in [2.45, 2.75) is 32.4 Å². The average Bonchev–Trinajstić information content (AvgIpc) is 2.77. The lowest BCUT2D eigenvalue weighted by Gasteiger charge is -2.15. The van der Waals surface area contributed by atoms with Gasteiger partial charge in [-0.3, -0.25) is 19.3 Å². The summed E-state index contributed by atoms with van der Waals surface area (Å²) in [6.07, 6.45) is -0.203. The topological polar surface area (TPSA) is 105 Å². The Hall–Kier alpha value is -2.32. The van der Waals surface area contributed by atoms with E-state index in [-0.39, 0.29) is 19.5 Å². The number of halogens is 2. The third-order valence-electron chi connectivity index (χ3n) is 3.84. The molecule has 1 heterocycles. The molecule has 1 aromatic carbocycles. The highest BCUT2D eigenvalue weighted by Gasteiger charge is 2.44. The SMILES string of the molecule is CC1(C)NC(=O)N(CCC(=O)OCC(=O)NCc2ccc(Cl)cc2Cl)C1=O. The van der Waals surface area contributed by atoms with E-state index in [2.05, 4.69) is 10.6 Å². The van der Waals surface area contributed by atoms with Gasteiger partial charge in [-0.2, -0.15) is 0 Å². The maximum Gasteiger partial charge on any atom is 0.325 e. The molecule has 0 unspecified atom stereocenters. The van der Waals surface area contributed by atoms with Gasteiger partial charge in [0.15, 0.2) is 6.61 Å². The Morgan fingerprint density at radius 3 is 2.56 bits per heavy atom. The van der Waals surface area contributed by atoms with E-state index in [1.165, 1.54) is 0 Å². The highest BCUT2D eigenvalue weighted by atomic mass is 35.5. The lowest BCUT2D eigenvalue weighted by molar-refractivity contribution is -0.149. The summed E-state index contributed by atoms with van der Waals surface area (Å²) in [6, 6.07) is 4.32. The molecule has 0 aliphatic carbocycles. The number of carbonyl (C=O) groups excluding carboxylic acids is 4. The van der Waals surface area contributed by atoms with E-state index in [0.29, 0.717) is 15.6 Å². The van der Waals surface area contributed by atoms with Gasteiger partial charge in [0.1, 0.15) is 5.54 Å². The number of hydrogen-bond donors (Lipinski definition) is 2. The lowest BCUT2D eigenvalue weighted by Crippen LogP contribution is -2.40. The molecule has 1 fully saturated rings. The van der Waals surface area contributed by atoms with E-state index in [0.717, 1.165) is 4.90 Å². The number of urea groups is 1. The minimum atomic E-state index is -0.996. The Morgan fingerprint density at radius 2 is 1.96 bits per heavy atom. The third kappa shape index (κ3) is 5.58. The Labute approximate surface area is 166 Å². The van der Waals surface area contributed by atoms with Crippen LogP contribution in [0, 0.1) is 0 Å². The van der Waals surface area contributed by atoms with Gasteiger partial charge in [-0.15, -0.1) is 0 Å². The molecule has 2 N–H and O–H groups in total. The molecule has 4 amide bonds. The van der Waals surface area contributed by atoms with Gasteiger partial charge in [-0.1, -0.05) is 29.3 Å². The van der Waals surface area contributed by atoms with Crippen molar-refractivity contribution < 1.29 is 23.9 Å². The van der Waals surface area contributed by atoms with Crippen LogP contribution >= 0.6 is 23.2 Å². The smallest absolute Gasteiger partial charge is 0.325 e. The summed E-state index contributed by atoms with van der Waals surface area (Å²) in [6.45, 7) is 2.71. The molecular formula is C17H19Cl2N3O5. The summed E-state index contributed by atoms with van der Waals surface area (Å²) in [4.78, 5) is 48.1. The molecule has 1 aliphatic rings. The van der Waals surface area contributed by atoms with Crippen LogP contribution in [0.25, 0.3) is 0 Å². The van der Waals surface area contributed by atoms with Crippen LogP contribution in [0.3, 0.4) is 0 Å². The second-order valence-corrected chi connectivity index (χ2v) is 7.28. The summed E-state index contributed by atoms with van der Waals surface area (Å²) >= 11 is 11.8. The zero-order chi connectivity index (χ0) is 20.2. The maximum absolute atomic E-state index is 12.0. The molecule has 1 saturated heterocycles. The van der Waals surface area contributed by atoms with Crippen LogP contribution in [-0.2, 0) is 25.7 Å². The van der Waals surface area contributed by atoms with Gasteiger partial charge in [0.2, 0.25) is 0 Å². The number of nitrogens with zero attached hydrogens (tertiary/aromatic N) is 1. The number of hydrogen-bond acceptors (Lipinski definition) is 5. The minimum absolute atomic E-state index is 0.116. The molecule has 2 rings (SSSR count). The Kier molecular flexibility index (Phi) is 6.67. The van der Waals surface area contributed by atoms with Crippen molar-refractivity contribution in [1.82, 2.24) is 15.5 Å². The number of nitrogens with one attached hydrogen (secondary N) is 2. The average molecular weight is 416 g/mol. The largest absolute Gasteiger partial charge is 0.456 e. The van der Waals surface area contributed by atoms with E-state index in [4.69, 9.17) is 27.9 Å². The quantitative estimate of drug-likeness (QED) is 0.522. The first-order valence-corrected chi connectivity index (χ1v) is 8.86. The second-order valence-electron chi connectivity index (χ2n) is 6.44. The predicted octanol–water partition coefficient (Wildman–Crippen LogP) is 1.87. The monoisotopic (exact) mass is 415 g/mol. The third-order valence-corrected chi connectivity index (χ3v) is 4.43. The number of ether oxygens (including phenoxy) is 1. The van der Waals surface area contributed by atoms with E-state index < -0.39 is 36.0 Å². The molecule has 146 valence electrons. The van der Waals surface area contributed by atoms with Crippen molar-refractivity contribution in [2.75, 3.05) is 13.2 Å². The van der Waals surface area contributed by atoms with E-state index in [1.54, 1.807) is 32.0 Å². The summed E-state index contributed by atoms with van der Waals surface area (Å²) in [7, 11) is 0. The molecule has 0 bridgehead atoms. The fourth-order valence-electron chi connectivity index (χ4n) is 2.35. The summed E-state index contributed by atoms with van der Waals surface area (Å²) in [5, 5.41) is 5.97. The maximum atomic E-state index is 12.0. The minimum Gasteiger partial charge on any atom is -0.456 e. The summed E-state index contributed by atoms with van der Waals surface area (Å²) in [5.41, 5.74) is -0.328. The van der Waals surface area contributed by atoms with Crippen molar-refractivity contribution >= 4 is 47.0 Å². The number of amides is 4. The number of esters is 1. The first-order valence-electron chi connectivity index (χ1n) is 8.10. The fourth-order valence-corrected chi connectivity index (χ4v) is 2.83. The molecule has 0 saturated carbocycles.